The molecule has 0 unspecified atom stereocenters. The van der Waals surface area contributed by atoms with Gasteiger partial charge < -0.3 is 10.1 Å². The van der Waals surface area contributed by atoms with E-state index < -0.39 is 0 Å². The van der Waals surface area contributed by atoms with Crippen LogP contribution in [0.2, 0.25) is 0 Å². The van der Waals surface area contributed by atoms with Crippen LogP contribution in [0.15, 0.2) is 29.4 Å². The smallest absolute Gasteiger partial charge is 0.259 e. The topological polar surface area (TPSA) is 62.7 Å². The molecule has 1 aromatic carbocycles. The summed E-state index contributed by atoms with van der Waals surface area (Å²) in [6.45, 7) is 6.88. The Hall–Kier alpha value is -2.04. The lowest BCUT2D eigenvalue weighted by Crippen LogP contribution is -2.32. The molecule has 2 rings (SSSR count). The summed E-state index contributed by atoms with van der Waals surface area (Å²) in [5, 5.41) is 7.52. The summed E-state index contributed by atoms with van der Waals surface area (Å²) < 4.78 is 5.17. The number of amides is 1. The zero-order chi connectivity index (χ0) is 17.5. The Morgan fingerprint density at radius 1 is 1.38 bits per heavy atom. The number of carbonyl (C=O) groups excluding carboxylic acids is 1. The lowest BCUT2D eigenvalue weighted by Gasteiger charge is -2.30. The molecule has 132 valence electrons. The first kappa shape index (κ1) is 18.3. The maximum absolute atomic E-state index is 12.1. The summed E-state index contributed by atoms with van der Waals surface area (Å²) in [6.07, 6.45) is 3.38. The molecule has 1 aliphatic rings. The number of nitrogens with zero attached hydrogens (tertiary/aromatic N) is 1. The van der Waals surface area contributed by atoms with Gasteiger partial charge >= 0.3 is 0 Å². The van der Waals surface area contributed by atoms with E-state index in [1.165, 1.54) is 6.42 Å². The molecule has 0 saturated heterocycles. The minimum atomic E-state index is -0.133. The number of rotatable bonds is 6. The second kappa shape index (κ2) is 8.71. The van der Waals surface area contributed by atoms with Gasteiger partial charge in [-0.3, -0.25) is 4.79 Å². The summed E-state index contributed by atoms with van der Waals surface area (Å²) in [5.41, 5.74) is 4.70. The molecule has 2 N–H and O–H groups in total. The molecule has 0 aliphatic heterocycles. The molecule has 24 heavy (non-hydrogen) atoms. The molecule has 1 aliphatic carbocycles. The maximum atomic E-state index is 12.1. The Kier molecular flexibility index (Phi) is 6.64. The van der Waals surface area contributed by atoms with Crippen molar-refractivity contribution in [2.24, 2.45) is 22.9 Å². The van der Waals surface area contributed by atoms with E-state index >= 15 is 0 Å². The molecule has 0 bridgehead atoms. The molecule has 1 amide bonds. The first-order valence-electron chi connectivity index (χ1n) is 8.72. The summed E-state index contributed by atoms with van der Waals surface area (Å²) in [6, 6.07) is 7.51. The highest BCUT2D eigenvalue weighted by Crippen LogP contribution is 2.31. The van der Waals surface area contributed by atoms with Gasteiger partial charge in [-0.15, -0.1) is 0 Å². The fourth-order valence-electron chi connectivity index (χ4n) is 3.18. The highest BCUT2D eigenvalue weighted by molar-refractivity contribution is 5.89. The van der Waals surface area contributed by atoms with Crippen LogP contribution in [0, 0.1) is 17.8 Å². The fourth-order valence-corrected chi connectivity index (χ4v) is 3.18. The van der Waals surface area contributed by atoms with E-state index in [0.717, 1.165) is 30.0 Å². The van der Waals surface area contributed by atoms with Crippen molar-refractivity contribution in [1.29, 1.82) is 0 Å². The number of carbonyl (C=O) groups is 1. The van der Waals surface area contributed by atoms with Crippen molar-refractivity contribution in [2.45, 2.75) is 40.0 Å². The van der Waals surface area contributed by atoms with Crippen LogP contribution in [0.1, 0.15) is 40.0 Å². The summed E-state index contributed by atoms with van der Waals surface area (Å²) in [4.78, 5) is 12.1. The maximum Gasteiger partial charge on any atom is 0.259 e. The van der Waals surface area contributed by atoms with Crippen LogP contribution in [0.25, 0.3) is 0 Å². The quantitative estimate of drug-likeness (QED) is 0.782. The van der Waals surface area contributed by atoms with Gasteiger partial charge in [0.1, 0.15) is 5.75 Å². The van der Waals surface area contributed by atoms with Crippen molar-refractivity contribution in [3.05, 3.63) is 24.3 Å². The second-order valence-corrected chi connectivity index (χ2v) is 6.96. The van der Waals surface area contributed by atoms with Crippen LogP contribution in [-0.2, 0) is 4.79 Å². The van der Waals surface area contributed by atoms with Crippen LogP contribution in [0.5, 0.6) is 5.75 Å². The zero-order valence-electron chi connectivity index (χ0n) is 15.1. The lowest BCUT2D eigenvalue weighted by molar-refractivity contribution is -0.119. The van der Waals surface area contributed by atoms with Gasteiger partial charge in [0, 0.05) is 23.4 Å². The number of hydrogen-bond acceptors (Lipinski definition) is 4. The third-order valence-electron chi connectivity index (χ3n) is 4.61. The first-order valence-corrected chi connectivity index (χ1v) is 8.72. The normalized spacial score (nSPS) is 22.5. The Morgan fingerprint density at radius 3 is 2.88 bits per heavy atom. The van der Waals surface area contributed by atoms with Crippen LogP contribution < -0.4 is 15.5 Å². The molecule has 0 aromatic heterocycles. The zero-order valence-corrected chi connectivity index (χ0v) is 15.1. The Labute approximate surface area is 144 Å². The monoisotopic (exact) mass is 331 g/mol. The Bertz CT molecular complexity index is 584. The SMILES string of the molecule is COc1cccc(NCC(=O)N/N=C2/C[C@H](C)CC[C@H]2C(C)C)c1. The average molecular weight is 331 g/mol. The van der Waals surface area contributed by atoms with Crippen LogP contribution in [0.3, 0.4) is 0 Å². The number of hydrazone groups is 1. The second-order valence-electron chi connectivity index (χ2n) is 6.96. The van der Waals surface area contributed by atoms with Crippen molar-refractivity contribution in [1.82, 2.24) is 5.43 Å². The van der Waals surface area contributed by atoms with Crippen molar-refractivity contribution in [2.75, 3.05) is 19.0 Å². The van der Waals surface area contributed by atoms with Gasteiger partial charge in [0.2, 0.25) is 0 Å². The molecular formula is C19H29N3O2. The van der Waals surface area contributed by atoms with Crippen molar-refractivity contribution < 1.29 is 9.53 Å². The van der Waals surface area contributed by atoms with Crippen LogP contribution in [-0.4, -0.2) is 25.3 Å². The lowest BCUT2D eigenvalue weighted by atomic mass is 9.76. The van der Waals surface area contributed by atoms with Gasteiger partial charge in [-0.2, -0.15) is 5.10 Å². The van der Waals surface area contributed by atoms with E-state index in [1.807, 2.05) is 24.3 Å². The molecule has 0 spiro atoms. The Balaban J connectivity index is 1.88. The fraction of sp³-hybridized carbons (Fsp3) is 0.579. The first-order chi connectivity index (χ1) is 11.5. The molecule has 0 heterocycles. The Morgan fingerprint density at radius 2 is 2.17 bits per heavy atom. The van der Waals surface area contributed by atoms with Gasteiger partial charge in [0.15, 0.2) is 0 Å². The predicted molar refractivity (Wildman–Crippen MR) is 98.4 cm³/mol. The van der Waals surface area contributed by atoms with E-state index in [0.29, 0.717) is 17.8 Å². The molecule has 0 radical (unpaired) electrons. The van der Waals surface area contributed by atoms with E-state index in [9.17, 15) is 4.79 Å². The number of methoxy groups -OCH3 is 1. The van der Waals surface area contributed by atoms with Crippen LogP contribution in [0.4, 0.5) is 5.69 Å². The van der Waals surface area contributed by atoms with Crippen LogP contribution >= 0.6 is 0 Å². The number of benzene rings is 1. The van der Waals surface area contributed by atoms with Crippen molar-refractivity contribution in [3.63, 3.8) is 0 Å². The van der Waals surface area contributed by atoms with Gasteiger partial charge in [0.25, 0.3) is 5.91 Å². The average Bonchev–Trinajstić information content (AvgIpc) is 2.58. The third-order valence-corrected chi connectivity index (χ3v) is 4.61. The largest absolute Gasteiger partial charge is 0.497 e. The van der Waals surface area contributed by atoms with E-state index in [-0.39, 0.29) is 12.5 Å². The third kappa shape index (κ3) is 5.25. The van der Waals surface area contributed by atoms with E-state index in [2.05, 4.69) is 36.6 Å². The van der Waals surface area contributed by atoms with Gasteiger partial charge in [-0.1, -0.05) is 26.8 Å². The molecule has 5 nitrogen and oxygen atoms in total. The number of anilines is 1. The summed E-state index contributed by atoms with van der Waals surface area (Å²) in [5.74, 6) is 2.31. The minimum absolute atomic E-state index is 0.133. The van der Waals surface area contributed by atoms with E-state index in [1.54, 1.807) is 7.11 Å². The predicted octanol–water partition coefficient (Wildman–Crippen LogP) is 3.67. The molecule has 1 saturated carbocycles. The highest BCUT2D eigenvalue weighted by atomic mass is 16.5. The van der Waals surface area contributed by atoms with Gasteiger partial charge in [0.05, 0.1) is 13.7 Å². The van der Waals surface area contributed by atoms with Gasteiger partial charge in [-0.05, 0) is 43.2 Å². The van der Waals surface area contributed by atoms with Crippen molar-refractivity contribution >= 4 is 17.3 Å². The highest BCUT2D eigenvalue weighted by Gasteiger charge is 2.27. The number of nitrogens with one attached hydrogen (secondary N) is 2. The molecule has 1 fully saturated rings. The summed E-state index contributed by atoms with van der Waals surface area (Å²) >= 11 is 0. The molecule has 5 heteroatoms. The minimum Gasteiger partial charge on any atom is -0.497 e. The molecule has 1 aromatic rings. The van der Waals surface area contributed by atoms with E-state index in [4.69, 9.17) is 4.74 Å². The number of ether oxygens (including phenoxy) is 1. The molecular weight excluding hydrogens is 302 g/mol. The van der Waals surface area contributed by atoms with Crippen molar-refractivity contribution in [3.8, 4) is 5.75 Å². The summed E-state index contributed by atoms with van der Waals surface area (Å²) in [7, 11) is 1.62. The number of hydrogen-bond donors (Lipinski definition) is 2. The molecule has 2 atom stereocenters. The standard InChI is InChI=1S/C19H29N3O2/c1-13(2)17-9-8-14(3)10-18(17)21-22-19(23)12-20-15-6-5-7-16(11-15)24-4/h5-7,11,13-14,17,20H,8-10,12H2,1-4H3,(H,22,23)/b21-18-/t14-,17+/m1/s1. The van der Waals surface area contributed by atoms with Gasteiger partial charge in [-0.25, -0.2) is 5.43 Å².